The van der Waals surface area contributed by atoms with Gasteiger partial charge in [0.25, 0.3) is 0 Å². The third-order valence-corrected chi connectivity index (χ3v) is 6.32. The van der Waals surface area contributed by atoms with Gasteiger partial charge < -0.3 is 5.73 Å². The first-order valence-corrected chi connectivity index (χ1v) is 12.1. The van der Waals surface area contributed by atoms with Crippen LogP contribution in [-0.2, 0) is 0 Å². The molecule has 37 heavy (non-hydrogen) atoms. The van der Waals surface area contributed by atoms with E-state index in [-0.39, 0.29) is 0 Å². The van der Waals surface area contributed by atoms with Crippen LogP contribution in [0, 0.1) is 0 Å². The molecular formula is C33H24N4. The molecule has 176 valence electrons. The molecule has 0 atom stereocenters. The summed E-state index contributed by atoms with van der Waals surface area (Å²) >= 11 is 0. The Morgan fingerprint density at radius 3 is 1.35 bits per heavy atom. The van der Waals surface area contributed by atoms with Crippen LogP contribution >= 0.6 is 0 Å². The highest BCUT2D eigenvalue weighted by Crippen LogP contribution is 2.33. The molecule has 0 bridgehead atoms. The Labute approximate surface area is 216 Å². The maximum Gasteiger partial charge on any atom is 0.0900 e. The lowest BCUT2D eigenvalue weighted by molar-refractivity contribution is 1.22. The predicted octanol–water partition coefficient (Wildman–Crippen LogP) is 7.79. The van der Waals surface area contributed by atoms with Gasteiger partial charge in [-0.15, -0.1) is 0 Å². The average molecular weight is 477 g/mol. The van der Waals surface area contributed by atoms with Crippen LogP contribution in [0.3, 0.4) is 0 Å². The molecule has 0 saturated carbocycles. The lowest BCUT2D eigenvalue weighted by Gasteiger charge is -2.11. The number of hydrogen-bond donors (Lipinski definition) is 1. The van der Waals surface area contributed by atoms with Crippen LogP contribution in [-0.4, -0.2) is 15.0 Å². The van der Waals surface area contributed by atoms with Crippen molar-refractivity contribution in [1.82, 2.24) is 15.0 Å². The van der Waals surface area contributed by atoms with Crippen LogP contribution in [0.2, 0.25) is 0 Å². The van der Waals surface area contributed by atoms with Crippen molar-refractivity contribution in [1.29, 1.82) is 0 Å². The molecule has 0 fully saturated rings. The first-order valence-electron chi connectivity index (χ1n) is 12.1. The van der Waals surface area contributed by atoms with E-state index in [1.165, 1.54) is 0 Å². The Morgan fingerprint density at radius 2 is 0.865 bits per heavy atom. The van der Waals surface area contributed by atoms with Crippen molar-refractivity contribution in [2.45, 2.75) is 0 Å². The van der Waals surface area contributed by atoms with Gasteiger partial charge in [-0.25, -0.2) is 4.98 Å². The molecule has 3 heterocycles. The number of pyridine rings is 3. The number of nitrogens with zero attached hydrogens (tertiary/aromatic N) is 3. The van der Waals surface area contributed by atoms with Crippen molar-refractivity contribution in [2.75, 3.05) is 5.73 Å². The molecule has 2 N–H and O–H groups in total. The van der Waals surface area contributed by atoms with Crippen LogP contribution in [0.5, 0.6) is 0 Å². The number of aromatic nitrogens is 3. The summed E-state index contributed by atoms with van der Waals surface area (Å²) in [6, 6.07) is 41.1. The van der Waals surface area contributed by atoms with Gasteiger partial charge in [0.1, 0.15) is 0 Å². The first-order chi connectivity index (χ1) is 18.2. The molecule has 0 radical (unpaired) electrons. The maximum absolute atomic E-state index is 5.88. The van der Waals surface area contributed by atoms with Gasteiger partial charge in [0, 0.05) is 18.1 Å². The summed E-state index contributed by atoms with van der Waals surface area (Å²) in [6.45, 7) is 0. The summed E-state index contributed by atoms with van der Waals surface area (Å²) in [4.78, 5) is 14.0. The van der Waals surface area contributed by atoms with E-state index in [1.807, 2.05) is 48.5 Å². The maximum atomic E-state index is 5.88. The standard InChI is InChI=1S/C33H24N4/c34-29-15-13-23(14-16-29)24-7-5-8-25(19-24)26-9-6-10-27(20-26)28-21-32(30-11-1-3-17-35-30)37-33(22-28)31-12-2-4-18-36-31/h1-22H,34H2. The van der Waals surface area contributed by atoms with E-state index in [9.17, 15) is 0 Å². The smallest absolute Gasteiger partial charge is 0.0900 e. The summed E-state index contributed by atoms with van der Waals surface area (Å²) in [7, 11) is 0. The summed E-state index contributed by atoms with van der Waals surface area (Å²) in [5, 5.41) is 0. The largest absolute Gasteiger partial charge is 0.399 e. The molecule has 4 heteroatoms. The second kappa shape index (κ2) is 9.88. The molecule has 6 aromatic rings. The van der Waals surface area contributed by atoms with Gasteiger partial charge in [0.2, 0.25) is 0 Å². The molecular weight excluding hydrogens is 452 g/mol. The van der Waals surface area contributed by atoms with Crippen molar-refractivity contribution in [2.24, 2.45) is 0 Å². The van der Waals surface area contributed by atoms with Gasteiger partial charge in [-0.1, -0.05) is 60.7 Å². The van der Waals surface area contributed by atoms with E-state index < -0.39 is 0 Å². The van der Waals surface area contributed by atoms with Crippen LogP contribution < -0.4 is 5.73 Å². The zero-order valence-electron chi connectivity index (χ0n) is 20.1. The first kappa shape index (κ1) is 22.4. The molecule has 3 aromatic heterocycles. The number of nitrogens with two attached hydrogens (primary N) is 1. The van der Waals surface area contributed by atoms with Gasteiger partial charge in [-0.2, -0.15) is 0 Å². The lowest BCUT2D eigenvalue weighted by atomic mass is 9.95. The van der Waals surface area contributed by atoms with Crippen molar-refractivity contribution < 1.29 is 0 Å². The normalized spacial score (nSPS) is 10.8. The number of benzene rings is 3. The lowest BCUT2D eigenvalue weighted by Crippen LogP contribution is -1.94. The quantitative estimate of drug-likeness (QED) is 0.258. The summed E-state index contributed by atoms with van der Waals surface area (Å²) in [5.41, 5.74) is 16.7. The van der Waals surface area contributed by atoms with Crippen molar-refractivity contribution in [3.63, 3.8) is 0 Å². The zero-order valence-corrected chi connectivity index (χ0v) is 20.1. The van der Waals surface area contributed by atoms with Gasteiger partial charge >= 0.3 is 0 Å². The molecule has 0 saturated heterocycles. The van der Waals surface area contributed by atoms with E-state index >= 15 is 0 Å². The minimum absolute atomic E-state index is 0.764. The predicted molar refractivity (Wildman–Crippen MR) is 151 cm³/mol. The van der Waals surface area contributed by atoms with E-state index in [2.05, 4.69) is 82.8 Å². The summed E-state index contributed by atoms with van der Waals surface area (Å²) in [6.07, 6.45) is 3.58. The molecule has 4 nitrogen and oxygen atoms in total. The number of nitrogen functional groups attached to an aromatic ring is 1. The van der Waals surface area contributed by atoms with E-state index in [4.69, 9.17) is 10.7 Å². The fourth-order valence-corrected chi connectivity index (χ4v) is 4.42. The number of rotatable bonds is 5. The monoisotopic (exact) mass is 476 g/mol. The molecule has 6 rings (SSSR count). The third-order valence-electron chi connectivity index (χ3n) is 6.32. The third kappa shape index (κ3) is 4.86. The molecule has 0 spiro atoms. The molecule has 0 amide bonds. The fraction of sp³-hybridized carbons (Fsp3) is 0. The van der Waals surface area contributed by atoms with Gasteiger partial charge in [0.15, 0.2) is 0 Å². The number of anilines is 1. The van der Waals surface area contributed by atoms with E-state index in [0.717, 1.165) is 61.8 Å². The average Bonchev–Trinajstić information content (AvgIpc) is 2.98. The minimum atomic E-state index is 0.764. The Hall–Kier alpha value is -5.09. The Morgan fingerprint density at radius 1 is 0.378 bits per heavy atom. The van der Waals surface area contributed by atoms with Crippen LogP contribution in [0.15, 0.2) is 134 Å². The summed E-state index contributed by atoms with van der Waals surface area (Å²) < 4.78 is 0. The Balaban J connectivity index is 1.44. The van der Waals surface area contributed by atoms with Crippen LogP contribution in [0.25, 0.3) is 56.2 Å². The molecule has 0 aliphatic heterocycles. The van der Waals surface area contributed by atoms with Crippen molar-refractivity contribution in [3.05, 3.63) is 134 Å². The second-order valence-corrected chi connectivity index (χ2v) is 8.84. The molecule has 0 aliphatic rings. The number of hydrogen-bond acceptors (Lipinski definition) is 4. The zero-order chi connectivity index (χ0) is 25.0. The Bertz CT molecular complexity index is 1600. The minimum Gasteiger partial charge on any atom is -0.399 e. The van der Waals surface area contributed by atoms with Crippen molar-refractivity contribution >= 4 is 5.69 Å². The van der Waals surface area contributed by atoms with E-state index in [0.29, 0.717) is 0 Å². The van der Waals surface area contributed by atoms with Crippen LogP contribution in [0.4, 0.5) is 5.69 Å². The van der Waals surface area contributed by atoms with Gasteiger partial charge in [0.05, 0.1) is 22.8 Å². The molecule has 0 aliphatic carbocycles. The SMILES string of the molecule is Nc1ccc(-c2cccc(-c3cccc(-c4cc(-c5ccccn5)nc(-c5ccccn5)c4)c3)c2)cc1. The summed E-state index contributed by atoms with van der Waals surface area (Å²) in [5.74, 6) is 0. The van der Waals surface area contributed by atoms with Gasteiger partial charge in [-0.3, -0.25) is 9.97 Å². The van der Waals surface area contributed by atoms with Crippen molar-refractivity contribution in [3.8, 4) is 56.2 Å². The topological polar surface area (TPSA) is 64.7 Å². The highest BCUT2D eigenvalue weighted by Gasteiger charge is 2.11. The highest BCUT2D eigenvalue weighted by atomic mass is 14.8. The van der Waals surface area contributed by atoms with Gasteiger partial charge in [-0.05, 0) is 94.0 Å². The fourth-order valence-electron chi connectivity index (χ4n) is 4.42. The Kier molecular flexibility index (Phi) is 5.97. The molecule has 3 aromatic carbocycles. The van der Waals surface area contributed by atoms with E-state index in [1.54, 1.807) is 12.4 Å². The second-order valence-electron chi connectivity index (χ2n) is 8.84. The highest BCUT2D eigenvalue weighted by molar-refractivity contribution is 5.80. The molecule has 0 unspecified atom stereocenters. The van der Waals surface area contributed by atoms with Crippen LogP contribution in [0.1, 0.15) is 0 Å².